The largest absolute Gasteiger partial charge is 0.368 e. The van der Waals surface area contributed by atoms with Crippen LogP contribution in [-0.4, -0.2) is 57.8 Å². The van der Waals surface area contributed by atoms with Gasteiger partial charge in [-0.2, -0.15) is 4.37 Å². The molecule has 0 spiro atoms. The molecule has 1 amide bonds. The van der Waals surface area contributed by atoms with Gasteiger partial charge in [0.25, 0.3) is 5.69 Å². The summed E-state index contributed by atoms with van der Waals surface area (Å²) in [5.74, 6) is 0.739. The molecular weight excluding hydrogens is 536 g/mol. The third kappa shape index (κ3) is 6.90. The first-order chi connectivity index (χ1) is 18.9. The van der Waals surface area contributed by atoms with Gasteiger partial charge in [0, 0.05) is 73.5 Å². The second-order valence-electron chi connectivity index (χ2n) is 9.28. The maximum absolute atomic E-state index is 13.4. The van der Waals surface area contributed by atoms with Gasteiger partial charge in [0.15, 0.2) is 0 Å². The molecule has 0 atom stereocenters. The molecule has 0 bridgehead atoms. The molecule has 1 aliphatic heterocycles. The first kappa shape index (κ1) is 26.6. The van der Waals surface area contributed by atoms with E-state index in [-0.39, 0.29) is 18.1 Å². The van der Waals surface area contributed by atoms with Gasteiger partial charge in [-0.25, -0.2) is 4.98 Å². The Balaban J connectivity index is 1.24. The highest BCUT2D eigenvalue weighted by molar-refractivity contribution is 7.09. The number of piperazine rings is 1. The summed E-state index contributed by atoms with van der Waals surface area (Å²) < 4.78 is 4.56. The highest BCUT2D eigenvalue weighted by atomic mass is 35.5. The van der Waals surface area contributed by atoms with Gasteiger partial charge in [0.1, 0.15) is 5.82 Å². The summed E-state index contributed by atoms with van der Waals surface area (Å²) >= 11 is 7.31. The van der Waals surface area contributed by atoms with Gasteiger partial charge in [-0.15, -0.1) is 0 Å². The van der Waals surface area contributed by atoms with Crippen molar-refractivity contribution in [3.8, 4) is 0 Å². The zero-order chi connectivity index (χ0) is 27.2. The van der Waals surface area contributed by atoms with Crippen LogP contribution in [0.3, 0.4) is 0 Å². The third-order valence-corrected chi connectivity index (χ3v) is 7.67. The summed E-state index contributed by atoms with van der Waals surface area (Å²) in [4.78, 5) is 34.7. The molecule has 39 heavy (non-hydrogen) atoms. The number of amides is 1. The number of non-ortho nitro benzene ring substituents is 1. The molecule has 11 heteroatoms. The number of anilines is 2. The predicted octanol–water partition coefficient (Wildman–Crippen LogP) is 5.05. The van der Waals surface area contributed by atoms with E-state index in [1.807, 2.05) is 64.4 Å². The third-order valence-electron chi connectivity index (χ3n) is 6.60. The average Bonchev–Trinajstić information content (AvgIpc) is 3.43. The number of hydrogen-bond donors (Lipinski definition) is 0. The van der Waals surface area contributed by atoms with Gasteiger partial charge in [-0.05, 0) is 35.4 Å². The van der Waals surface area contributed by atoms with Crippen molar-refractivity contribution in [2.75, 3.05) is 42.5 Å². The minimum absolute atomic E-state index is 0.0312. The van der Waals surface area contributed by atoms with Crippen molar-refractivity contribution in [3.63, 3.8) is 0 Å². The Morgan fingerprint density at radius 2 is 1.64 bits per heavy atom. The Morgan fingerprint density at radius 1 is 0.949 bits per heavy atom. The van der Waals surface area contributed by atoms with Crippen LogP contribution in [0.2, 0.25) is 5.02 Å². The molecule has 3 aromatic carbocycles. The van der Waals surface area contributed by atoms with Crippen molar-refractivity contribution >= 4 is 45.5 Å². The monoisotopic (exact) mass is 562 g/mol. The highest BCUT2D eigenvalue weighted by Crippen LogP contribution is 2.24. The summed E-state index contributed by atoms with van der Waals surface area (Å²) in [6, 6.07) is 24.2. The van der Waals surface area contributed by atoms with Crippen LogP contribution in [0.15, 0.2) is 78.9 Å². The first-order valence-corrected chi connectivity index (χ1v) is 13.7. The van der Waals surface area contributed by atoms with Crippen molar-refractivity contribution in [2.45, 2.75) is 13.0 Å². The molecule has 0 radical (unpaired) electrons. The van der Waals surface area contributed by atoms with Crippen molar-refractivity contribution in [3.05, 3.63) is 111 Å². The van der Waals surface area contributed by atoms with E-state index in [4.69, 9.17) is 16.6 Å². The zero-order valence-electron chi connectivity index (χ0n) is 21.1. The van der Waals surface area contributed by atoms with E-state index >= 15 is 0 Å². The maximum Gasteiger partial charge on any atom is 0.269 e. The van der Waals surface area contributed by atoms with E-state index < -0.39 is 4.92 Å². The number of halogens is 1. The van der Waals surface area contributed by atoms with Crippen LogP contribution < -0.4 is 9.80 Å². The lowest BCUT2D eigenvalue weighted by Gasteiger charge is -2.37. The van der Waals surface area contributed by atoms with Gasteiger partial charge < -0.3 is 14.7 Å². The highest BCUT2D eigenvalue weighted by Gasteiger charge is 2.25. The fourth-order valence-electron chi connectivity index (χ4n) is 4.49. The Kier molecular flexibility index (Phi) is 8.33. The van der Waals surface area contributed by atoms with Crippen LogP contribution in [0, 0.1) is 10.1 Å². The molecule has 0 unspecified atom stereocenters. The molecule has 1 aliphatic rings. The standard InChI is InChI=1S/C28H27ClN6O3S/c29-23-8-6-21(7-9-23)18-26-30-28(39-31-26)34(19-22-4-2-1-3-5-22)20-27(36)33-16-14-32(15-17-33)24-10-12-25(13-11-24)35(37)38/h1-13H,14-20H2. The number of rotatable bonds is 9. The lowest BCUT2D eigenvalue weighted by atomic mass is 10.1. The molecule has 4 aromatic rings. The first-order valence-electron chi connectivity index (χ1n) is 12.6. The van der Waals surface area contributed by atoms with Gasteiger partial charge in [-0.3, -0.25) is 14.9 Å². The lowest BCUT2D eigenvalue weighted by Crippen LogP contribution is -2.51. The molecular formula is C28H27ClN6O3S. The molecule has 200 valence electrons. The lowest BCUT2D eigenvalue weighted by molar-refractivity contribution is -0.384. The van der Waals surface area contributed by atoms with Crippen LogP contribution in [0.25, 0.3) is 0 Å². The van der Waals surface area contributed by atoms with Gasteiger partial charge in [0.2, 0.25) is 11.0 Å². The molecule has 5 rings (SSSR count). The van der Waals surface area contributed by atoms with Gasteiger partial charge >= 0.3 is 0 Å². The van der Waals surface area contributed by atoms with Crippen LogP contribution in [0.4, 0.5) is 16.5 Å². The number of hydrogen-bond acceptors (Lipinski definition) is 8. The van der Waals surface area contributed by atoms with Crippen LogP contribution in [0.1, 0.15) is 17.0 Å². The van der Waals surface area contributed by atoms with Crippen molar-refractivity contribution in [1.29, 1.82) is 0 Å². The fourth-order valence-corrected chi connectivity index (χ4v) is 5.30. The van der Waals surface area contributed by atoms with Crippen molar-refractivity contribution in [2.24, 2.45) is 0 Å². The quantitative estimate of drug-likeness (QED) is 0.208. The molecule has 1 aromatic heterocycles. The molecule has 1 saturated heterocycles. The molecule has 1 fully saturated rings. The molecule has 0 aliphatic carbocycles. The van der Waals surface area contributed by atoms with E-state index in [1.54, 1.807) is 12.1 Å². The zero-order valence-corrected chi connectivity index (χ0v) is 22.7. The molecule has 0 saturated carbocycles. The summed E-state index contributed by atoms with van der Waals surface area (Å²) in [7, 11) is 0. The number of aromatic nitrogens is 2. The number of nitro benzene ring substituents is 1. The Bertz CT molecular complexity index is 1410. The predicted molar refractivity (Wildman–Crippen MR) is 154 cm³/mol. The minimum Gasteiger partial charge on any atom is -0.368 e. The Morgan fingerprint density at radius 3 is 2.31 bits per heavy atom. The van der Waals surface area contributed by atoms with Crippen LogP contribution in [-0.2, 0) is 17.8 Å². The van der Waals surface area contributed by atoms with E-state index in [2.05, 4.69) is 9.27 Å². The summed E-state index contributed by atoms with van der Waals surface area (Å²) in [5, 5.41) is 12.3. The SMILES string of the molecule is O=C(CN(Cc1ccccc1)c1nc(Cc2ccc(Cl)cc2)ns1)N1CCN(c2ccc([N+](=O)[O-])cc2)CC1. The van der Waals surface area contributed by atoms with Crippen molar-refractivity contribution < 1.29 is 9.72 Å². The summed E-state index contributed by atoms with van der Waals surface area (Å²) in [6.07, 6.45) is 0.589. The normalized spacial score (nSPS) is 13.4. The smallest absolute Gasteiger partial charge is 0.269 e. The number of benzene rings is 3. The number of nitro groups is 1. The van der Waals surface area contributed by atoms with Gasteiger partial charge in [-0.1, -0.05) is 54.1 Å². The average molecular weight is 563 g/mol. The van der Waals surface area contributed by atoms with E-state index in [1.165, 1.54) is 23.7 Å². The summed E-state index contributed by atoms with van der Waals surface area (Å²) in [6.45, 7) is 3.21. The van der Waals surface area contributed by atoms with Crippen LogP contribution in [0.5, 0.6) is 0 Å². The summed E-state index contributed by atoms with van der Waals surface area (Å²) in [5.41, 5.74) is 3.14. The Hall–Kier alpha value is -4.02. The second kappa shape index (κ2) is 12.2. The van der Waals surface area contributed by atoms with Crippen molar-refractivity contribution in [1.82, 2.24) is 14.3 Å². The number of nitrogens with zero attached hydrogens (tertiary/aromatic N) is 6. The van der Waals surface area contributed by atoms with Crippen LogP contribution >= 0.6 is 23.1 Å². The van der Waals surface area contributed by atoms with E-state index in [0.29, 0.717) is 55.1 Å². The second-order valence-corrected chi connectivity index (χ2v) is 10.4. The van der Waals surface area contributed by atoms with E-state index in [0.717, 1.165) is 16.8 Å². The van der Waals surface area contributed by atoms with E-state index in [9.17, 15) is 14.9 Å². The molecule has 9 nitrogen and oxygen atoms in total. The Labute approximate surface area is 235 Å². The minimum atomic E-state index is -0.403. The maximum atomic E-state index is 13.4. The number of carbonyl (C=O) groups is 1. The van der Waals surface area contributed by atoms with Gasteiger partial charge in [0.05, 0.1) is 11.5 Å². The molecule has 0 N–H and O–H groups in total. The molecule has 2 heterocycles. The topological polar surface area (TPSA) is 95.7 Å². The number of carbonyl (C=O) groups excluding carboxylic acids is 1. The fraction of sp³-hybridized carbons (Fsp3) is 0.250.